The predicted molar refractivity (Wildman–Crippen MR) is 131 cm³/mol. The second-order valence-corrected chi connectivity index (χ2v) is 7.90. The summed E-state index contributed by atoms with van der Waals surface area (Å²) >= 11 is 11.7. The van der Waals surface area contributed by atoms with Crippen LogP contribution in [0.3, 0.4) is 0 Å². The van der Waals surface area contributed by atoms with Gasteiger partial charge in [0.25, 0.3) is 0 Å². The highest BCUT2D eigenvalue weighted by Crippen LogP contribution is 2.24. The second kappa shape index (κ2) is 11.8. The van der Waals surface area contributed by atoms with E-state index in [4.69, 9.17) is 27.6 Å². The van der Waals surface area contributed by atoms with Gasteiger partial charge in [0.15, 0.2) is 0 Å². The maximum atomic E-state index is 12.0. The van der Waals surface area contributed by atoms with Crippen LogP contribution in [-0.2, 0) is 25.7 Å². The Labute approximate surface area is 209 Å². The molecule has 0 unspecified atom stereocenters. The van der Waals surface area contributed by atoms with Crippen LogP contribution in [-0.4, -0.2) is 29.8 Å². The molecule has 3 rings (SSSR count). The van der Waals surface area contributed by atoms with Gasteiger partial charge in [-0.25, -0.2) is 5.43 Å². The van der Waals surface area contributed by atoms with E-state index in [9.17, 15) is 19.2 Å². The third kappa shape index (κ3) is 7.70. The molecule has 0 saturated carbocycles. The first-order valence-corrected chi connectivity index (χ1v) is 10.8. The lowest BCUT2D eigenvalue weighted by Crippen LogP contribution is -2.34. The Hall–Kier alpha value is -4.15. The SMILES string of the molecule is Cc1ccc(NC(=O)C(=O)NCc2ccc(/C=N\NC(=O)C(=O)Nc3ccc(Cl)c(Cl)c3)o2)cc1. The molecule has 0 atom stereocenters. The lowest BCUT2D eigenvalue weighted by molar-refractivity contribution is -0.136. The summed E-state index contributed by atoms with van der Waals surface area (Å²) in [5.74, 6) is -3.06. The molecule has 0 aliphatic heterocycles. The highest BCUT2D eigenvalue weighted by Gasteiger charge is 2.15. The summed E-state index contributed by atoms with van der Waals surface area (Å²) in [6.07, 6.45) is 1.17. The summed E-state index contributed by atoms with van der Waals surface area (Å²) in [6, 6.07) is 14.4. The molecule has 1 aromatic heterocycles. The number of hydrogen-bond donors (Lipinski definition) is 4. The lowest BCUT2D eigenvalue weighted by Gasteiger charge is -2.05. The molecule has 0 saturated heterocycles. The third-order valence-electron chi connectivity index (χ3n) is 4.36. The Morgan fingerprint density at radius 2 is 1.49 bits per heavy atom. The number of amides is 4. The molecule has 10 nitrogen and oxygen atoms in total. The molecule has 0 bridgehead atoms. The quantitative estimate of drug-likeness (QED) is 0.226. The van der Waals surface area contributed by atoms with Crippen molar-refractivity contribution < 1.29 is 23.6 Å². The number of anilines is 2. The third-order valence-corrected chi connectivity index (χ3v) is 5.10. The van der Waals surface area contributed by atoms with Gasteiger partial charge in [0, 0.05) is 11.4 Å². The topological polar surface area (TPSA) is 142 Å². The maximum Gasteiger partial charge on any atom is 0.329 e. The molecular weight excluding hydrogens is 497 g/mol. The number of aryl methyl sites for hydroxylation is 1. The Morgan fingerprint density at radius 3 is 2.20 bits per heavy atom. The van der Waals surface area contributed by atoms with Crippen LogP contribution in [0.2, 0.25) is 10.0 Å². The molecule has 35 heavy (non-hydrogen) atoms. The molecular formula is C23H19Cl2N5O5. The number of carbonyl (C=O) groups is 4. The molecule has 0 fully saturated rings. The minimum Gasteiger partial charge on any atom is -0.458 e. The summed E-state index contributed by atoms with van der Waals surface area (Å²) in [4.78, 5) is 47.7. The average Bonchev–Trinajstić information content (AvgIpc) is 3.28. The summed E-state index contributed by atoms with van der Waals surface area (Å²) in [5.41, 5.74) is 3.86. The molecule has 4 N–H and O–H groups in total. The van der Waals surface area contributed by atoms with Gasteiger partial charge in [0.2, 0.25) is 0 Å². The van der Waals surface area contributed by atoms with Gasteiger partial charge >= 0.3 is 23.6 Å². The normalized spacial score (nSPS) is 10.6. The Balaban J connectivity index is 1.43. The minimum atomic E-state index is -1.02. The molecule has 2 aromatic carbocycles. The fourth-order valence-electron chi connectivity index (χ4n) is 2.60. The first kappa shape index (κ1) is 25.5. The van der Waals surface area contributed by atoms with Gasteiger partial charge in [-0.15, -0.1) is 0 Å². The van der Waals surface area contributed by atoms with Crippen LogP contribution in [0.15, 0.2) is 64.1 Å². The number of hydrazone groups is 1. The van der Waals surface area contributed by atoms with E-state index in [-0.39, 0.29) is 23.0 Å². The Morgan fingerprint density at radius 1 is 0.829 bits per heavy atom. The van der Waals surface area contributed by atoms with Gasteiger partial charge in [-0.05, 0) is 49.4 Å². The van der Waals surface area contributed by atoms with Crippen molar-refractivity contribution in [1.29, 1.82) is 0 Å². The van der Waals surface area contributed by atoms with Crippen LogP contribution in [0.1, 0.15) is 17.1 Å². The van der Waals surface area contributed by atoms with Crippen molar-refractivity contribution in [2.75, 3.05) is 10.6 Å². The zero-order valence-corrected chi connectivity index (χ0v) is 19.7. The number of nitrogens with one attached hydrogen (secondary N) is 4. The van der Waals surface area contributed by atoms with Crippen LogP contribution in [0.25, 0.3) is 0 Å². The van der Waals surface area contributed by atoms with Crippen molar-refractivity contribution in [1.82, 2.24) is 10.7 Å². The standard InChI is InChI=1S/C23H19Cl2N5O5/c1-13-2-4-14(5-3-13)28-21(32)20(31)26-11-16-7-8-17(35-16)12-27-30-23(34)22(33)29-15-6-9-18(24)19(25)10-15/h2-10,12H,11H2,1H3,(H,26,31)(H,28,32)(H,29,33)(H,30,34)/b27-12-. The van der Waals surface area contributed by atoms with Gasteiger partial charge in [-0.3, -0.25) is 19.2 Å². The fraction of sp³-hybridized carbons (Fsp3) is 0.0870. The van der Waals surface area contributed by atoms with E-state index < -0.39 is 23.6 Å². The average molecular weight is 516 g/mol. The number of furan rings is 1. The molecule has 0 spiro atoms. The number of halogens is 2. The van der Waals surface area contributed by atoms with E-state index in [1.807, 2.05) is 19.1 Å². The number of nitrogens with zero attached hydrogens (tertiary/aromatic N) is 1. The number of rotatable bonds is 6. The second-order valence-electron chi connectivity index (χ2n) is 7.09. The van der Waals surface area contributed by atoms with E-state index in [1.54, 1.807) is 18.2 Å². The summed E-state index contributed by atoms with van der Waals surface area (Å²) in [6.45, 7) is 1.86. The molecule has 12 heteroatoms. The highest BCUT2D eigenvalue weighted by atomic mass is 35.5. The van der Waals surface area contributed by atoms with E-state index in [0.29, 0.717) is 16.5 Å². The molecule has 4 amide bonds. The number of benzene rings is 2. The van der Waals surface area contributed by atoms with Crippen molar-refractivity contribution in [3.05, 3.63) is 81.7 Å². The van der Waals surface area contributed by atoms with Crippen molar-refractivity contribution in [2.24, 2.45) is 5.10 Å². The minimum absolute atomic E-state index is 0.0492. The van der Waals surface area contributed by atoms with Crippen molar-refractivity contribution in [2.45, 2.75) is 13.5 Å². The Bertz CT molecular complexity index is 1290. The van der Waals surface area contributed by atoms with Crippen LogP contribution in [0.5, 0.6) is 0 Å². The van der Waals surface area contributed by atoms with E-state index in [1.165, 1.54) is 30.5 Å². The molecule has 3 aromatic rings. The molecule has 180 valence electrons. The van der Waals surface area contributed by atoms with Crippen molar-refractivity contribution in [3.63, 3.8) is 0 Å². The smallest absolute Gasteiger partial charge is 0.329 e. The Kier molecular flexibility index (Phi) is 8.60. The molecule has 0 aliphatic rings. The van der Waals surface area contributed by atoms with Gasteiger partial charge in [-0.1, -0.05) is 40.9 Å². The first-order chi connectivity index (χ1) is 16.7. The highest BCUT2D eigenvalue weighted by molar-refractivity contribution is 6.43. The summed E-state index contributed by atoms with van der Waals surface area (Å²) < 4.78 is 5.43. The van der Waals surface area contributed by atoms with Crippen molar-refractivity contribution in [3.8, 4) is 0 Å². The fourth-order valence-corrected chi connectivity index (χ4v) is 2.90. The number of hydrogen-bond acceptors (Lipinski definition) is 6. The van der Waals surface area contributed by atoms with Crippen molar-refractivity contribution >= 4 is 64.4 Å². The van der Waals surface area contributed by atoms with Gasteiger partial charge in [0.1, 0.15) is 11.5 Å². The van der Waals surface area contributed by atoms with Gasteiger partial charge < -0.3 is 20.4 Å². The van der Waals surface area contributed by atoms with Crippen LogP contribution < -0.4 is 21.4 Å². The van der Waals surface area contributed by atoms with E-state index >= 15 is 0 Å². The first-order valence-electron chi connectivity index (χ1n) is 10.1. The summed E-state index contributed by atoms with van der Waals surface area (Å²) in [5, 5.41) is 11.5. The van der Waals surface area contributed by atoms with E-state index in [2.05, 4.69) is 26.5 Å². The van der Waals surface area contributed by atoms with Crippen LogP contribution in [0, 0.1) is 6.92 Å². The largest absolute Gasteiger partial charge is 0.458 e. The summed E-state index contributed by atoms with van der Waals surface area (Å²) in [7, 11) is 0. The molecule has 0 radical (unpaired) electrons. The molecule has 1 heterocycles. The monoisotopic (exact) mass is 515 g/mol. The zero-order valence-electron chi connectivity index (χ0n) is 18.2. The molecule has 0 aliphatic carbocycles. The van der Waals surface area contributed by atoms with Crippen LogP contribution in [0.4, 0.5) is 11.4 Å². The van der Waals surface area contributed by atoms with E-state index in [0.717, 1.165) is 5.56 Å². The number of carbonyl (C=O) groups excluding carboxylic acids is 4. The van der Waals surface area contributed by atoms with Crippen LogP contribution >= 0.6 is 23.2 Å². The predicted octanol–water partition coefficient (Wildman–Crippen LogP) is 3.24. The van der Waals surface area contributed by atoms with Gasteiger partial charge in [-0.2, -0.15) is 5.10 Å². The van der Waals surface area contributed by atoms with Gasteiger partial charge in [0.05, 0.1) is 22.8 Å². The maximum absolute atomic E-state index is 12.0. The zero-order chi connectivity index (χ0) is 25.4. The lowest BCUT2D eigenvalue weighted by atomic mass is 10.2.